The first-order valence-electron chi connectivity index (χ1n) is 5.70. The van der Waals surface area contributed by atoms with Crippen LogP contribution in [0.5, 0.6) is 5.75 Å². The zero-order valence-electron chi connectivity index (χ0n) is 11.5. The number of benzene rings is 1. The lowest BCUT2D eigenvalue weighted by Crippen LogP contribution is -2.25. The Hall–Kier alpha value is -2.35. The number of nitro benzene ring substituents is 1. The summed E-state index contributed by atoms with van der Waals surface area (Å²) in [5.74, 6) is -1.49. The Kier molecular flexibility index (Phi) is 4.74. The molecule has 0 radical (unpaired) electrons. The molecule has 1 amide bonds. The van der Waals surface area contributed by atoms with Crippen LogP contribution in [0.25, 0.3) is 0 Å². The maximum atomic E-state index is 12.0. The van der Waals surface area contributed by atoms with E-state index in [-0.39, 0.29) is 5.02 Å². The van der Waals surface area contributed by atoms with Crippen LogP contribution in [-0.4, -0.2) is 22.6 Å². The Labute approximate surface area is 124 Å². The van der Waals surface area contributed by atoms with Gasteiger partial charge in [-0.05, 0) is 26.8 Å². The number of nitro groups is 1. The van der Waals surface area contributed by atoms with Crippen LogP contribution in [-0.2, 0) is 4.74 Å². The predicted octanol–water partition coefficient (Wildman–Crippen LogP) is 2.66. The third kappa shape index (κ3) is 4.60. The van der Waals surface area contributed by atoms with Gasteiger partial charge in [0, 0.05) is 11.1 Å². The Morgan fingerprint density at radius 1 is 1.33 bits per heavy atom. The van der Waals surface area contributed by atoms with E-state index in [9.17, 15) is 19.7 Å². The maximum absolute atomic E-state index is 12.0. The molecule has 21 heavy (non-hydrogen) atoms. The van der Waals surface area contributed by atoms with E-state index < -0.39 is 39.6 Å². The second kappa shape index (κ2) is 5.96. The minimum Gasteiger partial charge on any atom is -0.456 e. The SMILES string of the molecule is CC(C)(C)OC(=O)c1cc(Cl)cc(OC(N)=O)c1[N+](=O)[O-]. The van der Waals surface area contributed by atoms with Gasteiger partial charge in [0.15, 0.2) is 0 Å². The molecule has 0 aliphatic carbocycles. The number of hydrogen-bond donors (Lipinski definition) is 1. The molecule has 0 unspecified atom stereocenters. The molecule has 1 aromatic carbocycles. The van der Waals surface area contributed by atoms with Crippen molar-refractivity contribution in [3.8, 4) is 5.75 Å². The molecule has 0 atom stereocenters. The van der Waals surface area contributed by atoms with E-state index in [1.165, 1.54) is 0 Å². The van der Waals surface area contributed by atoms with Crippen molar-refractivity contribution < 1.29 is 24.0 Å². The van der Waals surface area contributed by atoms with E-state index >= 15 is 0 Å². The highest BCUT2D eigenvalue weighted by Crippen LogP contribution is 2.35. The molecule has 0 aliphatic rings. The average molecular weight is 317 g/mol. The van der Waals surface area contributed by atoms with Gasteiger partial charge in [-0.3, -0.25) is 10.1 Å². The van der Waals surface area contributed by atoms with Crippen molar-refractivity contribution >= 4 is 29.4 Å². The van der Waals surface area contributed by atoms with Crippen LogP contribution >= 0.6 is 11.6 Å². The number of esters is 1. The van der Waals surface area contributed by atoms with E-state index in [2.05, 4.69) is 4.74 Å². The van der Waals surface area contributed by atoms with E-state index in [4.69, 9.17) is 22.1 Å². The van der Waals surface area contributed by atoms with Gasteiger partial charge in [0.2, 0.25) is 5.75 Å². The first kappa shape index (κ1) is 16.7. The molecule has 0 aliphatic heterocycles. The lowest BCUT2D eigenvalue weighted by atomic mass is 10.1. The molecule has 9 heteroatoms. The molecular weight excluding hydrogens is 304 g/mol. The summed E-state index contributed by atoms with van der Waals surface area (Å²) in [5, 5.41) is 11.1. The quantitative estimate of drug-likeness (QED) is 0.519. The molecule has 0 heterocycles. The molecule has 2 N–H and O–H groups in total. The predicted molar refractivity (Wildman–Crippen MR) is 73.5 cm³/mol. The minimum absolute atomic E-state index is 0.0438. The molecule has 1 rings (SSSR count). The maximum Gasteiger partial charge on any atom is 0.410 e. The molecule has 0 aromatic heterocycles. The van der Waals surface area contributed by atoms with Crippen molar-refractivity contribution in [2.24, 2.45) is 5.73 Å². The lowest BCUT2D eigenvalue weighted by Gasteiger charge is -2.19. The van der Waals surface area contributed by atoms with E-state index in [0.29, 0.717) is 0 Å². The summed E-state index contributed by atoms with van der Waals surface area (Å²) in [4.78, 5) is 33.0. The normalized spacial score (nSPS) is 10.9. The molecule has 1 aromatic rings. The fourth-order valence-corrected chi connectivity index (χ4v) is 1.65. The summed E-state index contributed by atoms with van der Waals surface area (Å²) in [7, 11) is 0. The molecule has 114 valence electrons. The third-order valence-corrected chi connectivity index (χ3v) is 2.27. The van der Waals surface area contributed by atoms with Crippen LogP contribution in [0.3, 0.4) is 0 Å². The topological polar surface area (TPSA) is 122 Å². The van der Waals surface area contributed by atoms with E-state index in [1.807, 2.05) is 0 Å². The number of nitrogens with zero attached hydrogens (tertiary/aromatic N) is 1. The third-order valence-electron chi connectivity index (χ3n) is 2.05. The second-order valence-corrected chi connectivity index (χ2v) is 5.42. The molecule has 0 saturated carbocycles. The number of carbonyl (C=O) groups is 2. The summed E-state index contributed by atoms with van der Waals surface area (Å²) in [6, 6.07) is 2.07. The number of halogens is 1. The molecule has 8 nitrogen and oxygen atoms in total. The standard InChI is InChI=1S/C12H13ClN2O6/c1-12(2,3)21-10(16)7-4-6(13)5-8(20-11(14)17)9(7)15(18)19/h4-5H,1-3H3,(H2,14,17). The van der Waals surface area contributed by atoms with Gasteiger partial charge in [-0.25, -0.2) is 9.59 Å². The Morgan fingerprint density at radius 2 is 1.90 bits per heavy atom. The van der Waals surface area contributed by atoms with Crippen LogP contribution in [0.2, 0.25) is 5.02 Å². The van der Waals surface area contributed by atoms with Gasteiger partial charge >= 0.3 is 17.7 Å². The summed E-state index contributed by atoms with van der Waals surface area (Å²) < 4.78 is 9.57. The van der Waals surface area contributed by atoms with Crippen molar-refractivity contribution in [3.63, 3.8) is 0 Å². The second-order valence-electron chi connectivity index (χ2n) is 4.98. The van der Waals surface area contributed by atoms with Gasteiger partial charge in [-0.1, -0.05) is 11.6 Å². The monoisotopic (exact) mass is 316 g/mol. The molecular formula is C12H13ClN2O6. The van der Waals surface area contributed by atoms with Gasteiger partial charge in [-0.15, -0.1) is 0 Å². The fraction of sp³-hybridized carbons (Fsp3) is 0.333. The van der Waals surface area contributed by atoms with Crippen molar-refractivity contribution in [2.75, 3.05) is 0 Å². The number of rotatable bonds is 3. The smallest absolute Gasteiger partial charge is 0.410 e. The van der Waals surface area contributed by atoms with Crippen LogP contribution < -0.4 is 10.5 Å². The largest absolute Gasteiger partial charge is 0.456 e. The first-order valence-corrected chi connectivity index (χ1v) is 6.07. The lowest BCUT2D eigenvalue weighted by molar-refractivity contribution is -0.386. The number of primary amides is 1. The molecule has 0 spiro atoms. The Balaban J connectivity index is 3.43. The van der Waals surface area contributed by atoms with Gasteiger partial charge in [0.25, 0.3) is 0 Å². The number of nitrogens with two attached hydrogens (primary N) is 1. The first-order chi connectivity index (χ1) is 9.51. The fourth-order valence-electron chi connectivity index (χ4n) is 1.44. The van der Waals surface area contributed by atoms with E-state index in [0.717, 1.165) is 12.1 Å². The number of carbonyl (C=O) groups excluding carboxylic acids is 2. The van der Waals surface area contributed by atoms with Crippen LogP contribution in [0.1, 0.15) is 31.1 Å². The van der Waals surface area contributed by atoms with Gasteiger partial charge in [0.1, 0.15) is 11.2 Å². The zero-order valence-corrected chi connectivity index (χ0v) is 12.3. The highest BCUT2D eigenvalue weighted by molar-refractivity contribution is 6.31. The highest BCUT2D eigenvalue weighted by atomic mass is 35.5. The van der Waals surface area contributed by atoms with Crippen LogP contribution in [0.4, 0.5) is 10.5 Å². The van der Waals surface area contributed by atoms with Crippen molar-refractivity contribution in [2.45, 2.75) is 26.4 Å². The van der Waals surface area contributed by atoms with Crippen LogP contribution in [0, 0.1) is 10.1 Å². The summed E-state index contributed by atoms with van der Waals surface area (Å²) in [5.41, 5.74) is 2.79. The van der Waals surface area contributed by atoms with Crippen molar-refractivity contribution in [1.29, 1.82) is 0 Å². The summed E-state index contributed by atoms with van der Waals surface area (Å²) in [6.45, 7) is 4.80. The van der Waals surface area contributed by atoms with E-state index in [1.54, 1.807) is 20.8 Å². The van der Waals surface area contributed by atoms with Gasteiger partial charge in [-0.2, -0.15) is 0 Å². The van der Waals surface area contributed by atoms with Crippen molar-refractivity contribution in [3.05, 3.63) is 32.8 Å². The minimum atomic E-state index is -1.27. The van der Waals surface area contributed by atoms with Crippen LogP contribution in [0.15, 0.2) is 12.1 Å². The number of ether oxygens (including phenoxy) is 2. The number of amides is 1. The summed E-state index contributed by atoms with van der Waals surface area (Å²) >= 11 is 5.76. The zero-order chi connectivity index (χ0) is 16.4. The molecule has 0 fully saturated rings. The Morgan fingerprint density at radius 3 is 2.33 bits per heavy atom. The summed E-state index contributed by atoms with van der Waals surface area (Å²) in [6.07, 6.45) is -1.27. The number of hydrogen-bond acceptors (Lipinski definition) is 6. The average Bonchev–Trinajstić information content (AvgIpc) is 2.23. The van der Waals surface area contributed by atoms with Gasteiger partial charge < -0.3 is 15.2 Å². The molecule has 0 saturated heterocycles. The Bertz CT molecular complexity index is 609. The molecule has 0 bridgehead atoms. The van der Waals surface area contributed by atoms with Gasteiger partial charge in [0.05, 0.1) is 4.92 Å². The van der Waals surface area contributed by atoms with Crippen molar-refractivity contribution in [1.82, 2.24) is 0 Å². The highest BCUT2D eigenvalue weighted by Gasteiger charge is 2.31.